The topological polar surface area (TPSA) is 92.9 Å². The van der Waals surface area contributed by atoms with Crippen molar-refractivity contribution in [1.29, 1.82) is 0 Å². The van der Waals surface area contributed by atoms with Gasteiger partial charge in [-0.1, -0.05) is 19.1 Å². The molecular formula is C15H20N2O4. The van der Waals surface area contributed by atoms with Crippen LogP contribution >= 0.6 is 0 Å². The van der Waals surface area contributed by atoms with Gasteiger partial charge >= 0.3 is 5.97 Å². The summed E-state index contributed by atoms with van der Waals surface area (Å²) in [6.45, 7) is 3.18. The highest BCUT2D eigenvalue weighted by molar-refractivity contribution is 5.98. The molecule has 1 aliphatic heterocycles. The molecule has 1 heterocycles. The molecule has 0 bridgehead atoms. The lowest BCUT2D eigenvalue weighted by molar-refractivity contribution is -0.142. The van der Waals surface area contributed by atoms with Crippen molar-refractivity contribution in [3.05, 3.63) is 29.8 Å². The van der Waals surface area contributed by atoms with Crippen LogP contribution in [0.1, 0.15) is 23.7 Å². The molecule has 1 saturated heterocycles. The molecule has 0 aliphatic carbocycles. The highest BCUT2D eigenvalue weighted by Crippen LogP contribution is 2.28. The van der Waals surface area contributed by atoms with Crippen LogP contribution in [0, 0.1) is 5.92 Å². The first kappa shape index (κ1) is 15.3. The average Bonchev–Trinajstić information content (AvgIpc) is 2.94. The van der Waals surface area contributed by atoms with Gasteiger partial charge in [-0.2, -0.15) is 0 Å². The van der Waals surface area contributed by atoms with Crippen molar-refractivity contribution >= 4 is 17.6 Å². The maximum Gasteiger partial charge on any atom is 0.311 e. The van der Waals surface area contributed by atoms with Crippen molar-refractivity contribution in [2.75, 3.05) is 24.7 Å². The molecule has 2 rings (SSSR count). The lowest BCUT2D eigenvalue weighted by atomic mass is 10.00. The summed E-state index contributed by atoms with van der Waals surface area (Å²) in [5, 5.41) is 9.33. The molecule has 2 atom stereocenters. The van der Waals surface area contributed by atoms with Crippen molar-refractivity contribution in [2.45, 2.75) is 19.4 Å². The zero-order chi connectivity index (χ0) is 15.4. The Kier molecular flexibility index (Phi) is 4.80. The third-order valence-electron chi connectivity index (χ3n) is 3.71. The Balaban J connectivity index is 2.39. The van der Waals surface area contributed by atoms with E-state index in [9.17, 15) is 14.7 Å². The van der Waals surface area contributed by atoms with Crippen LogP contribution in [-0.4, -0.2) is 42.8 Å². The summed E-state index contributed by atoms with van der Waals surface area (Å²) in [5.74, 6) is -2.00. The first-order chi connectivity index (χ1) is 10.1. The number of carbonyl (C=O) groups is 2. The number of amides is 1. The molecule has 1 fully saturated rings. The van der Waals surface area contributed by atoms with Crippen LogP contribution in [0.5, 0.6) is 0 Å². The molecule has 1 amide bonds. The van der Waals surface area contributed by atoms with Gasteiger partial charge in [0.15, 0.2) is 0 Å². The lowest BCUT2D eigenvalue weighted by Crippen LogP contribution is -2.44. The van der Waals surface area contributed by atoms with Crippen molar-refractivity contribution in [3.63, 3.8) is 0 Å². The zero-order valence-corrected chi connectivity index (χ0v) is 12.0. The van der Waals surface area contributed by atoms with Crippen LogP contribution in [0.25, 0.3) is 0 Å². The standard InChI is InChI=1S/C15H20N2O4/c1-2-7-17(13-9-21-8-11(13)15(19)20)12-6-4-3-5-10(12)14(16)18/h3-6,11,13H,2,7-9H2,1H3,(H2,16,18)(H,19,20). The van der Waals surface area contributed by atoms with Gasteiger partial charge in [0.2, 0.25) is 0 Å². The van der Waals surface area contributed by atoms with Gasteiger partial charge in [0.05, 0.1) is 24.8 Å². The van der Waals surface area contributed by atoms with Crippen LogP contribution in [0.2, 0.25) is 0 Å². The van der Waals surface area contributed by atoms with E-state index in [1.54, 1.807) is 18.2 Å². The fourth-order valence-electron chi connectivity index (χ4n) is 2.72. The van der Waals surface area contributed by atoms with Gasteiger partial charge in [0.25, 0.3) is 5.91 Å². The van der Waals surface area contributed by atoms with Gasteiger partial charge in [0, 0.05) is 12.2 Å². The second kappa shape index (κ2) is 6.58. The second-order valence-electron chi connectivity index (χ2n) is 5.12. The Labute approximate surface area is 123 Å². The van der Waals surface area contributed by atoms with E-state index in [1.165, 1.54) is 0 Å². The highest BCUT2D eigenvalue weighted by Gasteiger charge is 2.38. The predicted molar refractivity (Wildman–Crippen MR) is 78.3 cm³/mol. The zero-order valence-electron chi connectivity index (χ0n) is 12.0. The van der Waals surface area contributed by atoms with Gasteiger partial charge in [-0.25, -0.2) is 0 Å². The summed E-state index contributed by atoms with van der Waals surface area (Å²) >= 11 is 0. The molecular weight excluding hydrogens is 272 g/mol. The smallest absolute Gasteiger partial charge is 0.311 e. The number of carboxylic acids is 1. The van der Waals surface area contributed by atoms with E-state index in [4.69, 9.17) is 10.5 Å². The second-order valence-corrected chi connectivity index (χ2v) is 5.12. The Bertz CT molecular complexity index is 532. The third kappa shape index (κ3) is 3.16. The molecule has 6 nitrogen and oxygen atoms in total. The van der Waals surface area contributed by atoms with Crippen LogP contribution in [0.3, 0.4) is 0 Å². The molecule has 0 saturated carbocycles. The fraction of sp³-hybridized carbons (Fsp3) is 0.467. The number of anilines is 1. The molecule has 0 aromatic heterocycles. The summed E-state index contributed by atoms with van der Waals surface area (Å²) in [7, 11) is 0. The molecule has 21 heavy (non-hydrogen) atoms. The monoisotopic (exact) mass is 292 g/mol. The number of carbonyl (C=O) groups excluding carboxylic acids is 1. The lowest BCUT2D eigenvalue weighted by Gasteiger charge is -2.33. The third-order valence-corrected chi connectivity index (χ3v) is 3.71. The predicted octanol–water partition coefficient (Wildman–Crippen LogP) is 1.10. The number of ether oxygens (including phenoxy) is 1. The molecule has 6 heteroatoms. The van der Waals surface area contributed by atoms with E-state index < -0.39 is 17.8 Å². The molecule has 1 aromatic carbocycles. The molecule has 1 aliphatic rings. The largest absolute Gasteiger partial charge is 0.481 e. The van der Waals surface area contributed by atoms with Gasteiger partial charge in [0.1, 0.15) is 5.92 Å². The number of para-hydroxylation sites is 1. The van der Waals surface area contributed by atoms with E-state index in [0.29, 0.717) is 24.4 Å². The van der Waals surface area contributed by atoms with E-state index in [2.05, 4.69) is 0 Å². The number of hydrogen-bond acceptors (Lipinski definition) is 4. The van der Waals surface area contributed by atoms with Crippen molar-refractivity contribution in [3.8, 4) is 0 Å². The number of hydrogen-bond donors (Lipinski definition) is 2. The van der Waals surface area contributed by atoms with Gasteiger partial charge in [-0.05, 0) is 18.6 Å². The molecule has 1 aromatic rings. The van der Waals surface area contributed by atoms with E-state index in [0.717, 1.165) is 6.42 Å². The molecule has 2 unspecified atom stereocenters. The number of primary amides is 1. The van der Waals surface area contributed by atoms with E-state index in [-0.39, 0.29) is 12.6 Å². The fourth-order valence-corrected chi connectivity index (χ4v) is 2.72. The van der Waals surface area contributed by atoms with Crippen LogP contribution in [-0.2, 0) is 9.53 Å². The van der Waals surface area contributed by atoms with E-state index >= 15 is 0 Å². The Morgan fingerprint density at radius 3 is 2.71 bits per heavy atom. The number of benzene rings is 1. The first-order valence-corrected chi connectivity index (χ1v) is 7.02. The summed E-state index contributed by atoms with van der Waals surface area (Å²) in [4.78, 5) is 24.9. The van der Waals surface area contributed by atoms with Crippen molar-refractivity contribution in [1.82, 2.24) is 0 Å². The molecule has 114 valence electrons. The Morgan fingerprint density at radius 2 is 2.10 bits per heavy atom. The SMILES string of the molecule is CCCN(c1ccccc1C(N)=O)C1COCC1C(=O)O. The summed E-state index contributed by atoms with van der Waals surface area (Å²) in [6, 6.07) is 6.73. The quantitative estimate of drug-likeness (QED) is 0.819. The van der Waals surface area contributed by atoms with Crippen LogP contribution < -0.4 is 10.6 Å². The highest BCUT2D eigenvalue weighted by atomic mass is 16.5. The Morgan fingerprint density at radius 1 is 1.38 bits per heavy atom. The number of carboxylic acid groups (broad SMARTS) is 1. The van der Waals surface area contributed by atoms with Gasteiger partial charge < -0.3 is 20.5 Å². The molecule has 0 radical (unpaired) electrons. The number of rotatable bonds is 6. The van der Waals surface area contributed by atoms with Crippen LogP contribution in [0.4, 0.5) is 5.69 Å². The number of nitrogens with zero attached hydrogens (tertiary/aromatic N) is 1. The van der Waals surface area contributed by atoms with Crippen LogP contribution in [0.15, 0.2) is 24.3 Å². The van der Waals surface area contributed by atoms with E-state index in [1.807, 2.05) is 17.9 Å². The maximum absolute atomic E-state index is 11.6. The minimum atomic E-state index is -0.879. The Hall–Kier alpha value is -2.08. The minimum Gasteiger partial charge on any atom is -0.481 e. The summed E-state index contributed by atoms with van der Waals surface area (Å²) in [6.07, 6.45) is 0.829. The normalized spacial score (nSPS) is 21.2. The van der Waals surface area contributed by atoms with Crippen molar-refractivity contribution in [2.24, 2.45) is 11.7 Å². The molecule has 3 N–H and O–H groups in total. The summed E-state index contributed by atoms with van der Waals surface area (Å²) in [5.41, 5.74) is 6.51. The summed E-state index contributed by atoms with van der Waals surface area (Å²) < 4.78 is 5.34. The number of aliphatic carboxylic acids is 1. The molecule has 0 spiro atoms. The van der Waals surface area contributed by atoms with Gasteiger partial charge in [-0.15, -0.1) is 0 Å². The average molecular weight is 292 g/mol. The van der Waals surface area contributed by atoms with Gasteiger partial charge in [-0.3, -0.25) is 9.59 Å². The minimum absolute atomic E-state index is 0.193. The first-order valence-electron chi connectivity index (χ1n) is 7.02. The maximum atomic E-state index is 11.6. The van der Waals surface area contributed by atoms with Crippen molar-refractivity contribution < 1.29 is 19.4 Å². The number of nitrogens with two attached hydrogens (primary N) is 1.